The molecule has 0 bridgehead atoms. The van der Waals surface area contributed by atoms with Gasteiger partial charge in [0.25, 0.3) is 0 Å². The first-order valence-corrected chi connectivity index (χ1v) is 6.44. The number of methoxy groups -OCH3 is 1. The van der Waals surface area contributed by atoms with E-state index in [0.29, 0.717) is 6.54 Å². The van der Waals surface area contributed by atoms with Crippen LogP contribution in [0.1, 0.15) is 12.0 Å². The number of hydrogen-bond donors (Lipinski definition) is 1. The van der Waals surface area contributed by atoms with Gasteiger partial charge in [-0.2, -0.15) is 8.78 Å². The van der Waals surface area contributed by atoms with E-state index in [0.717, 1.165) is 17.7 Å². The van der Waals surface area contributed by atoms with Crippen LogP contribution in [0.3, 0.4) is 0 Å². The Hall–Kier alpha value is -1.69. The predicted molar refractivity (Wildman–Crippen MR) is 69.0 cm³/mol. The number of benzene rings is 1. The molecule has 1 aromatic carbocycles. The molecule has 1 heterocycles. The Morgan fingerprint density at radius 3 is 2.95 bits per heavy atom. The Balaban J connectivity index is 1.71. The minimum Gasteiger partial charge on any atom is -0.497 e. The topological polar surface area (TPSA) is 47.6 Å². The molecule has 1 aliphatic heterocycles. The molecule has 0 radical (unpaired) electrons. The standard InChI is InChI=1S/C14H17F2NO3/c1-19-11-4-2-3-10(7-11)5-6-17-9-12-8-14(15,16)13(18)20-12/h2-4,7,12,17H,5-6,8-9H2,1H3. The van der Waals surface area contributed by atoms with E-state index in [1.807, 2.05) is 24.3 Å². The quantitative estimate of drug-likeness (QED) is 0.639. The third-order valence-corrected chi connectivity index (χ3v) is 3.15. The van der Waals surface area contributed by atoms with Crippen LogP contribution < -0.4 is 10.1 Å². The summed E-state index contributed by atoms with van der Waals surface area (Å²) >= 11 is 0. The van der Waals surface area contributed by atoms with Crippen molar-refractivity contribution in [3.05, 3.63) is 29.8 Å². The first kappa shape index (κ1) is 14.7. The van der Waals surface area contributed by atoms with Gasteiger partial charge in [-0.15, -0.1) is 0 Å². The molecule has 0 amide bonds. The summed E-state index contributed by atoms with van der Waals surface area (Å²) in [5.74, 6) is -3.97. The zero-order valence-electron chi connectivity index (χ0n) is 11.2. The highest BCUT2D eigenvalue weighted by Crippen LogP contribution is 2.30. The van der Waals surface area contributed by atoms with Gasteiger partial charge in [-0.1, -0.05) is 12.1 Å². The van der Waals surface area contributed by atoms with Crippen LogP contribution in [0.15, 0.2) is 24.3 Å². The SMILES string of the molecule is COc1cccc(CCNCC2CC(F)(F)C(=O)O2)c1. The van der Waals surface area contributed by atoms with Crippen molar-refractivity contribution in [3.63, 3.8) is 0 Å². The number of cyclic esters (lactones) is 1. The normalized spacial score (nSPS) is 20.8. The van der Waals surface area contributed by atoms with Gasteiger partial charge in [0.15, 0.2) is 0 Å². The largest absolute Gasteiger partial charge is 0.497 e. The molecule has 0 saturated carbocycles. The molecule has 0 aromatic heterocycles. The minimum atomic E-state index is -3.33. The van der Waals surface area contributed by atoms with Crippen molar-refractivity contribution < 1.29 is 23.0 Å². The Kier molecular flexibility index (Phi) is 4.54. The lowest BCUT2D eigenvalue weighted by molar-refractivity contribution is -0.158. The van der Waals surface area contributed by atoms with E-state index in [1.165, 1.54) is 0 Å². The fourth-order valence-corrected chi connectivity index (χ4v) is 2.09. The number of esters is 1. The molecule has 0 spiro atoms. The fraction of sp³-hybridized carbons (Fsp3) is 0.500. The van der Waals surface area contributed by atoms with Crippen LogP contribution >= 0.6 is 0 Å². The maximum absolute atomic E-state index is 12.9. The van der Waals surface area contributed by atoms with Gasteiger partial charge in [0, 0.05) is 6.54 Å². The lowest BCUT2D eigenvalue weighted by Gasteiger charge is -2.10. The van der Waals surface area contributed by atoms with Gasteiger partial charge in [-0.25, -0.2) is 4.79 Å². The van der Waals surface area contributed by atoms with Gasteiger partial charge < -0.3 is 14.8 Å². The van der Waals surface area contributed by atoms with Crippen molar-refractivity contribution in [2.24, 2.45) is 0 Å². The van der Waals surface area contributed by atoms with Crippen LogP contribution in [0.4, 0.5) is 8.78 Å². The van der Waals surface area contributed by atoms with Gasteiger partial charge >= 0.3 is 11.9 Å². The van der Waals surface area contributed by atoms with Crippen molar-refractivity contribution in [3.8, 4) is 5.75 Å². The van der Waals surface area contributed by atoms with E-state index >= 15 is 0 Å². The molecule has 110 valence electrons. The summed E-state index contributed by atoms with van der Waals surface area (Å²) in [5.41, 5.74) is 1.09. The molecule has 1 fully saturated rings. The molecule has 1 aliphatic rings. The van der Waals surface area contributed by atoms with Crippen molar-refractivity contribution in [2.45, 2.75) is 24.9 Å². The average Bonchev–Trinajstić information content (AvgIpc) is 2.68. The summed E-state index contributed by atoms with van der Waals surface area (Å²) in [6.07, 6.45) is -0.547. The van der Waals surface area contributed by atoms with Gasteiger partial charge in [-0.3, -0.25) is 0 Å². The van der Waals surface area contributed by atoms with E-state index < -0.39 is 24.4 Å². The second-order valence-corrected chi connectivity index (χ2v) is 4.74. The Labute approximate surface area is 116 Å². The average molecular weight is 285 g/mol. The van der Waals surface area contributed by atoms with Crippen molar-refractivity contribution >= 4 is 5.97 Å². The molecule has 20 heavy (non-hydrogen) atoms. The van der Waals surface area contributed by atoms with Gasteiger partial charge in [0.2, 0.25) is 0 Å². The third-order valence-electron chi connectivity index (χ3n) is 3.15. The number of halogens is 2. The molecule has 1 aromatic rings. The summed E-state index contributed by atoms with van der Waals surface area (Å²) in [6.45, 7) is 0.859. The van der Waals surface area contributed by atoms with Crippen LogP contribution in [0, 0.1) is 0 Å². The monoisotopic (exact) mass is 285 g/mol. The van der Waals surface area contributed by atoms with Crippen molar-refractivity contribution in [2.75, 3.05) is 20.2 Å². The molecule has 6 heteroatoms. The van der Waals surface area contributed by atoms with E-state index in [4.69, 9.17) is 4.74 Å². The lowest BCUT2D eigenvalue weighted by Crippen LogP contribution is -2.28. The fourth-order valence-electron chi connectivity index (χ4n) is 2.09. The summed E-state index contributed by atoms with van der Waals surface area (Å²) in [4.78, 5) is 10.8. The second kappa shape index (κ2) is 6.17. The van der Waals surface area contributed by atoms with Crippen LogP contribution in [0.5, 0.6) is 5.75 Å². The highest BCUT2D eigenvalue weighted by Gasteiger charge is 2.50. The van der Waals surface area contributed by atoms with Gasteiger partial charge in [-0.05, 0) is 30.7 Å². The second-order valence-electron chi connectivity index (χ2n) is 4.74. The molecular weight excluding hydrogens is 268 g/mol. The summed E-state index contributed by atoms with van der Waals surface area (Å²) in [7, 11) is 1.60. The molecule has 2 rings (SSSR count). The van der Waals surface area contributed by atoms with E-state index in [-0.39, 0.29) is 6.54 Å². The summed E-state index contributed by atoms with van der Waals surface area (Å²) < 4.78 is 35.6. The lowest BCUT2D eigenvalue weighted by atomic mass is 10.1. The highest BCUT2D eigenvalue weighted by molar-refractivity contribution is 5.79. The zero-order chi connectivity index (χ0) is 14.6. The highest BCUT2D eigenvalue weighted by atomic mass is 19.3. The molecule has 1 saturated heterocycles. The summed E-state index contributed by atoms with van der Waals surface area (Å²) in [5, 5.41) is 3.02. The van der Waals surface area contributed by atoms with E-state index in [1.54, 1.807) is 7.11 Å². The maximum atomic E-state index is 12.9. The molecule has 0 aliphatic carbocycles. The van der Waals surface area contributed by atoms with Gasteiger partial charge in [0.05, 0.1) is 13.5 Å². The first-order chi connectivity index (χ1) is 9.51. The number of nitrogens with one attached hydrogen (secondary N) is 1. The Morgan fingerprint density at radius 1 is 1.50 bits per heavy atom. The van der Waals surface area contributed by atoms with E-state index in [9.17, 15) is 13.6 Å². The molecule has 1 atom stereocenters. The minimum absolute atomic E-state index is 0.241. The number of carbonyl (C=O) groups excluding carboxylic acids is 1. The molecular formula is C14H17F2NO3. The summed E-state index contributed by atoms with van der Waals surface area (Å²) in [6, 6.07) is 7.64. The van der Waals surface area contributed by atoms with Crippen LogP contribution in [0.25, 0.3) is 0 Å². The number of rotatable bonds is 6. The maximum Gasteiger partial charge on any atom is 0.377 e. The number of hydrogen-bond acceptors (Lipinski definition) is 4. The van der Waals surface area contributed by atoms with Crippen LogP contribution in [-0.2, 0) is 16.0 Å². The van der Waals surface area contributed by atoms with Crippen molar-refractivity contribution in [1.29, 1.82) is 0 Å². The molecule has 4 nitrogen and oxygen atoms in total. The van der Waals surface area contributed by atoms with Gasteiger partial charge in [0.1, 0.15) is 11.9 Å². The molecule has 1 N–H and O–H groups in total. The van der Waals surface area contributed by atoms with Crippen LogP contribution in [-0.4, -0.2) is 38.2 Å². The third kappa shape index (κ3) is 3.66. The smallest absolute Gasteiger partial charge is 0.377 e. The Morgan fingerprint density at radius 2 is 2.30 bits per heavy atom. The molecule has 1 unspecified atom stereocenters. The first-order valence-electron chi connectivity index (χ1n) is 6.44. The zero-order valence-corrected chi connectivity index (χ0v) is 11.2. The number of carbonyl (C=O) groups is 1. The van der Waals surface area contributed by atoms with Crippen molar-refractivity contribution in [1.82, 2.24) is 5.32 Å². The Bertz CT molecular complexity index is 479. The van der Waals surface area contributed by atoms with E-state index in [2.05, 4.69) is 10.1 Å². The van der Waals surface area contributed by atoms with Crippen LogP contribution in [0.2, 0.25) is 0 Å². The number of ether oxygens (including phenoxy) is 2. The number of alkyl halides is 2. The predicted octanol–water partition coefficient (Wildman–Crippen LogP) is 1.78.